The molecule has 0 aromatic heterocycles. The minimum Gasteiger partial charge on any atom is -0.459 e. The molecule has 0 saturated carbocycles. The number of carbonyl (C=O) groups is 2. The Kier molecular flexibility index (Phi) is 7.29. The number of amides is 1. The molecule has 0 fully saturated rings. The maximum atomic E-state index is 13.1. The zero-order valence-corrected chi connectivity index (χ0v) is 14.9. The molecular weight excluding hydrogens is 335 g/mol. The van der Waals surface area contributed by atoms with Crippen LogP contribution in [-0.2, 0) is 27.4 Å². The average molecular weight is 358 g/mol. The summed E-state index contributed by atoms with van der Waals surface area (Å²) in [5.74, 6) is -1.20. The van der Waals surface area contributed by atoms with Gasteiger partial charge in [0, 0.05) is 6.42 Å². The van der Waals surface area contributed by atoms with E-state index < -0.39 is 18.1 Å². The largest absolute Gasteiger partial charge is 0.459 e. The number of carbonyl (C=O) groups excluding carboxylic acids is 2. The highest BCUT2D eigenvalue weighted by atomic mass is 19.1. The number of hydrogen-bond acceptors (Lipinski definition) is 4. The molecule has 1 amide bonds. The van der Waals surface area contributed by atoms with Gasteiger partial charge in [-0.05, 0) is 37.2 Å². The molecule has 0 aliphatic heterocycles. The third-order valence-corrected chi connectivity index (χ3v) is 4.00. The van der Waals surface area contributed by atoms with Gasteiger partial charge >= 0.3 is 5.97 Å². The highest BCUT2D eigenvalue weighted by Gasteiger charge is 2.24. The third-order valence-electron chi connectivity index (χ3n) is 4.00. The highest BCUT2D eigenvalue weighted by molar-refractivity contribution is 5.87. The fraction of sp³-hybridized carbons (Fsp3) is 0.300. The summed E-state index contributed by atoms with van der Waals surface area (Å²) >= 11 is 0. The maximum Gasteiger partial charge on any atom is 0.329 e. The second-order valence-corrected chi connectivity index (χ2v) is 6.00. The quantitative estimate of drug-likeness (QED) is 0.710. The number of rotatable bonds is 8. The fourth-order valence-electron chi connectivity index (χ4n) is 2.31. The first-order chi connectivity index (χ1) is 12.5. The first-order valence-electron chi connectivity index (χ1n) is 8.42. The molecule has 2 N–H and O–H groups in total. The maximum absolute atomic E-state index is 13.1. The van der Waals surface area contributed by atoms with E-state index in [0.29, 0.717) is 0 Å². The van der Waals surface area contributed by atoms with Crippen molar-refractivity contribution in [3.8, 4) is 0 Å². The molecule has 0 aliphatic carbocycles. The number of nitrogens with one attached hydrogen (secondary N) is 2. The molecule has 2 aromatic carbocycles. The van der Waals surface area contributed by atoms with Crippen LogP contribution in [0.3, 0.4) is 0 Å². The molecule has 2 rings (SSSR count). The molecule has 26 heavy (non-hydrogen) atoms. The van der Waals surface area contributed by atoms with E-state index >= 15 is 0 Å². The van der Waals surface area contributed by atoms with E-state index in [1.165, 1.54) is 12.1 Å². The number of ether oxygens (including phenoxy) is 1. The number of likely N-dealkylation sites (N-methyl/N-ethyl adjacent to an activating group) is 1. The molecule has 0 heterocycles. The van der Waals surface area contributed by atoms with E-state index in [4.69, 9.17) is 4.74 Å². The normalized spacial score (nSPS) is 12.9. The number of benzene rings is 2. The van der Waals surface area contributed by atoms with Crippen molar-refractivity contribution in [2.75, 3.05) is 7.05 Å². The van der Waals surface area contributed by atoms with Crippen LogP contribution in [0, 0.1) is 5.82 Å². The van der Waals surface area contributed by atoms with Crippen LogP contribution in [0.15, 0.2) is 54.6 Å². The third kappa shape index (κ3) is 5.97. The molecule has 0 aliphatic rings. The van der Waals surface area contributed by atoms with Crippen LogP contribution in [-0.4, -0.2) is 31.0 Å². The Labute approximate surface area is 152 Å². The van der Waals surface area contributed by atoms with E-state index in [1.807, 2.05) is 30.3 Å². The summed E-state index contributed by atoms with van der Waals surface area (Å²) in [6.45, 7) is 1.82. The van der Waals surface area contributed by atoms with E-state index in [9.17, 15) is 14.0 Å². The van der Waals surface area contributed by atoms with Gasteiger partial charge in [0.1, 0.15) is 18.5 Å². The van der Waals surface area contributed by atoms with Crippen LogP contribution >= 0.6 is 0 Å². The lowest BCUT2D eigenvalue weighted by Crippen LogP contribution is -2.49. The van der Waals surface area contributed by atoms with Crippen molar-refractivity contribution in [2.24, 2.45) is 0 Å². The van der Waals surface area contributed by atoms with Gasteiger partial charge in [-0.3, -0.25) is 4.79 Å². The Morgan fingerprint density at radius 2 is 1.69 bits per heavy atom. The minimum absolute atomic E-state index is 0.122. The second-order valence-electron chi connectivity index (χ2n) is 6.00. The van der Waals surface area contributed by atoms with Crippen molar-refractivity contribution in [1.29, 1.82) is 0 Å². The minimum atomic E-state index is -0.854. The van der Waals surface area contributed by atoms with Crippen molar-refractivity contribution in [3.05, 3.63) is 71.5 Å². The lowest BCUT2D eigenvalue weighted by molar-refractivity contribution is -0.149. The van der Waals surface area contributed by atoms with E-state index in [0.717, 1.165) is 11.1 Å². The first-order valence-corrected chi connectivity index (χ1v) is 8.42. The van der Waals surface area contributed by atoms with Gasteiger partial charge in [0.05, 0.1) is 6.04 Å². The van der Waals surface area contributed by atoms with Crippen LogP contribution in [0.5, 0.6) is 0 Å². The van der Waals surface area contributed by atoms with Crippen LogP contribution in [0.25, 0.3) is 0 Å². The summed E-state index contributed by atoms with van der Waals surface area (Å²) in [6.07, 6.45) is 0.218. The van der Waals surface area contributed by atoms with Crippen molar-refractivity contribution in [2.45, 2.75) is 32.0 Å². The molecule has 0 spiro atoms. The Bertz CT molecular complexity index is 720. The SMILES string of the molecule is CN[C@H](C)C(=O)N[C@@H](Cc1ccc(F)cc1)C(=O)OCc1ccccc1. The second kappa shape index (κ2) is 9.68. The lowest BCUT2D eigenvalue weighted by atomic mass is 10.1. The predicted molar refractivity (Wildman–Crippen MR) is 96.8 cm³/mol. The first kappa shape index (κ1) is 19.6. The standard InChI is InChI=1S/C20H23FN2O3/c1-14(22-2)19(24)23-18(12-15-8-10-17(21)11-9-15)20(25)26-13-16-6-4-3-5-7-16/h3-11,14,18,22H,12-13H2,1-2H3,(H,23,24)/t14-,18+/m1/s1. The molecule has 2 aromatic rings. The zero-order chi connectivity index (χ0) is 18.9. The van der Waals surface area contributed by atoms with E-state index in [-0.39, 0.29) is 24.8 Å². The van der Waals surface area contributed by atoms with Gasteiger partial charge < -0.3 is 15.4 Å². The van der Waals surface area contributed by atoms with Crippen LogP contribution in [0.1, 0.15) is 18.1 Å². The van der Waals surface area contributed by atoms with Gasteiger partial charge in [-0.1, -0.05) is 42.5 Å². The summed E-state index contributed by atoms with van der Waals surface area (Å²) in [4.78, 5) is 24.7. The fourth-order valence-corrected chi connectivity index (χ4v) is 2.31. The summed E-state index contributed by atoms with van der Waals surface area (Å²) in [5.41, 5.74) is 1.58. The van der Waals surface area contributed by atoms with Gasteiger partial charge in [0.2, 0.25) is 5.91 Å². The molecule has 5 nitrogen and oxygen atoms in total. The summed E-state index contributed by atoms with van der Waals surface area (Å²) < 4.78 is 18.4. The van der Waals surface area contributed by atoms with Crippen LogP contribution in [0.4, 0.5) is 4.39 Å². The van der Waals surface area contributed by atoms with Gasteiger partial charge in [0.15, 0.2) is 0 Å². The molecule has 6 heteroatoms. The highest BCUT2D eigenvalue weighted by Crippen LogP contribution is 2.09. The van der Waals surface area contributed by atoms with Gasteiger partial charge in [-0.25, -0.2) is 9.18 Å². The van der Waals surface area contributed by atoms with Gasteiger partial charge in [-0.2, -0.15) is 0 Å². The number of esters is 1. The van der Waals surface area contributed by atoms with Crippen molar-refractivity contribution < 1.29 is 18.7 Å². The molecule has 138 valence electrons. The van der Waals surface area contributed by atoms with E-state index in [2.05, 4.69) is 10.6 Å². The van der Waals surface area contributed by atoms with Crippen molar-refractivity contribution >= 4 is 11.9 Å². The molecule has 0 radical (unpaired) electrons. The lowest BCUT2D eigenvalue weighted by Gasteiger charge is -2.20. The van der Waals surface area contributed by atoms with Crippen molar-refractivity contribution in [1.82, 2.24) is 10.6 Å². The zero-order valence-electron chi connectivity index (χ0n) is 14.9. The Balaban J connectivity index is 2.06. The molecular formula is C20H23FN2O3. The molecule has 0 bridgehead atoms. The van der Waals surface area contributed by atoms with E-state index in [1.54, 1.807) is 26.1 Å². The number of halogens is 1. The van der Waals surface area contributed by atoms with Gasteiger partial charge in [-0.15, -0.1) is 0 Å². The van der Waals surface area contributed by atoms with Crippen molar-refractivity contribution in [3.63, 3.8) is 0 Å². The molecule has 2 atom stereocenters. The van der Waals surface area contributed by atoms with Gasteiger partial charge in [0.25, 0.3) is 0 Å². The smallest absolute Gasteiger partial charge is 0.329 e. The molecule has 0 saturated heterocycles. The predicted octanol–water partition coefficient (Wildman–Crippen LogP) is 2.20. The Morgan fingerprint density at radius 3 is 2.31 bits per heavy atom. The monoisotopic (exact) mass is 358 g/mol. The summed E-state index contributed by atoms with van der Waals surface area (Å²) in [6, 6.07) is 13.8. The Morgan fingerprint density at radius 1 is 1.04 bits per heavy atom. The summed E-state index contributed by atoms with van der Waals surface area (Å²) in [5, 5.41) is 5.52. The summed E-state index contributed by atoms with van der Waals surface area (Å²) in [7, 11) is 1.66. The molecule has 0 unspecified atom stereocenters. The Hall–Kier alpha value is -2.73. The average Bonchev–Trinajstić information content (AvgIpc) is 2.67. The van der Waals surface area contributed by atoms with Crippen LogP contribution < -0.4 is 10.6 Å². The number of hydrogen-bond donors (Lipinski definition) is 2. The topological polar surface area (TPSA) is 67.4 Å². The van der Waals surface area contributed by atoms with Crippen LogP contribution in [0.2, 0.25) is 0 Å².